The Balaban J connectivity index is 5.11. The Bertz CT molecular complexity index is 1490. The van der Waals surface area contributed by atoms with Crippen LogP contribution in [0.1, 0.15) is 297 Å². The predicted molar refractivity (Wildman–Crippen MR) is 328 cm³/mol. The van der Waals surface area contributed by atoms with Crippen molar-refractivity contribution >= 4 is 19.7 Å². The number of hydrogen-bond acceptors (Lipinski definition) is 6. The van der Waals surface area contributed by atoms with Gasteiger partial charge in [-0.2, -0.15) is 0 Å². The molecule has 0 saturated carbocycles. The van der Waals surface area contributed by atoms with Crippen LogP contribution in [0.2, 0.25) is 0 Å². The van der Waals surface area contributed by atoms with Gasteiger partial charge in [0.1, 0.15) is 19.3 Å². The van der Waals surface area contributed by atoms with Gasteiger partial charge in [0.05, 0.1) is 33.8 Å². The Morgan fingerprint density at radius 1 is 0.461 bits per heavy atom. The molecule has 2 N–H and O–H groups in total. The summed E-state index contributed by atoms with van der Waals surface area (Å²) < 4.78 is 30.6. The number of amides is 1. The lowest BCUT2D eigenvalue weighted by Crippen LogP contribution is -2.47. The second kappa shape index (κ2) is 56.0. The molecule has 0 aliphatic carbocycles. The maximum atomic E-state index is 13.5. The van der Waals surface area contributed by atoms with E-state index in [1.54, 1.807) is 0 Å². The molecule has 10 heteroatoms. The highest BCUT2D eigenvalue weighted by Crippen LogP contribution is 2.43. The van der Waals surface area contributed by atoms with Gasteiger partial charge >= 0.3 is 13.8 Å². The van der Waals surface area contributed by atoms with Crippen LogP contribution >= 0.6 is 7.82 Å². The Morgan fingerprint density at radius 2 is 0.816 bits per heavy atom. The quantitative estimate of drug-likeness (QED) is 0.0205. The lowest BCUT2D eigenvalue weighted by molar-refractivity contribution is -0.870. The maximum Gasteiger partial charge on any atom is 0.472 e. The van der Waals surface area contributed by atoms with Crippen LogP contribution in [0.4, 0.5) is 0 Å². The third-order valence-electron chi connectivity index (χ3n) is 14.2. The van der Waals surface area contributed by atoms with E-state index < -0.39 is 20.0 Å². The summed E-state index contributed by atoms with van der Waals surface area (Å²) in [7, 11) is 1.47. The summed E-state index contributed by atoms with van der Waals surface area (Å²) in [6, 6.07) is -0.870. The number of carbonyl (C=O) groups is 2. The molecule has 0 aromatic rings. The van der Waals surface area contributed by atoms with Crippen molar-refractivity contribution in [3.63, 3.8) is 0 Å². The average molecular weight is 1090 g/mol. The molecule has 0 aromatic heterocycles. The number of quaternary nitrogens is 1. The molecular formula is C66H124N2O7P+. The first-order valence-electron chi connectivity index (χ1n) is 32.1. The van der Waals surface area contributed by atoms with E-state index in [1.807, 2.05) is 39.4 Å². The van der Waals surface area contributed by atoms with Gasteiger partial charge in [-0.25, -0.2) is 4.57 Å². The standard InChI is InChI=1S/C66H123N2O7P/c1-7-10-13-16-19-22-25-28-29-30-31-32-33-34-35-36-37-38-39-41-43-46-49-52-55-58-65(69)67-63(62-74-76(71,72)73-61-60-68(4,5)6)64(57-54-51-48-45-42-27-24-21-18-15-12-9-3)75-66(70)59-56-53-50-47-44-40-26-23-20-17-14-11-8-2/h19,22,28-29,40,44,50,53-54,57,63-64H,7-18,20-21,23-27,30-39,41-43,45-49,51-52,55-56,58-62H2,1-6H3,(H-,67,69,71,72)/p+1/b22-19-,29-28-,44-40-,53-50+,57-54-. The molecule has 0 saturated heterocycles. The van der Waals surface area contributed by atoms with Crippen molar-refractivity contribution in [3.8, 4) is 0 Å². The SMILES string of the molecule is CCCCC/C=C\C/C=C\CCCCCCCCCCCCCCCCCC(=O)NC(COP(=O)(O)OCC[N+](C)(C)C)C(/C=C\CCCCCCCCCCCC)OC(=O)CC/C=C/C/C=C\CCCCCCCC. The zero-order valence-electron chi connectivity index (χ0n) is 50.7. The minimum absolute atomic E-state index is 0.0326. The number of likely N-dealkylation sites (N-methyl/N-ethyl adjacent to an activating group) is 1. The van der Waals surface area contributed by atoms with Crippen LogP contribution in [0.25, 0.3) is 0 Å². The van der Waals surface area contributed by atoms with E-state index in [4.69, 9.17) is 13.8 Å². The molecule has 444 valence electrons. The van der Waals surface area contributed by atoms with Crippen molar-refractivity contribution in [3.05, 3.63) is 60.8 Å². The number of phosphoric acid groups is 1. The first-order chi connectivity index (χ1) is 36.9. The van der Waals surface area contributed by atoms with Crippen LogP contribution in [0.3, 0.4) is 0 Å². The lowest BCUT2D eigenvalue weighted by Gasteiger charge is -2.27. The lowest BCUT2D eigenvalue weighted by atomic mass is 10.0. The number of ether oxygens (including phenoxy) is 1. The largest absolute Gasteiger partial charge is 0.472 e. The average Bonchev–Trinajstić information content (AvgIpc) is 3.38. The van der Waals surface area contributed by atoms with Crippen LogP contribution in [0.15, 0.2) is 60.8 Å². The third kappa shape index (κ3) is 56.4. The van der Waals surface area contributed by atoms with Crippen molar-refractivity contribution in [1.82, 2.24) is 5.32 Å². The fourth-order valence-electron chi connectivity index (χ4n) is 9.20. The van der Waals surface area contributed by atoms with Crippen LogP contribution in [0, 0.1) is 0 Å². The van der Waals surface area contributed by atoms with Gasteiger partial charge in [0.15, 0.2) is 0 Å². The van der Waals surface area contributed by atoms with Crippen molar-refractivity contribution in [2.45, 2.75) is 309 Å². The topological polar surface area (TPSA) is 111 Å². The number of hydrogen-bond donors (Lipinski definition) is 2. The summed E-state index contributed by atoms with van der Waals surface area (Å²) in [4.78, 5) is 37.6. The minimum Gasteiger partial charge on any atom is -0.456 e. The molecule has 0 heterocycles. The van der Waals surface area contributed by atoms with Gasteiger partial charge in [0.2, 0.25) is 5.91 Å². The highest BCUT2D eigenvalue weighted by Gasteiger charge is 2.30. The fourth-order valence-corrected chi connectivity index (χ4v) is 9.94. The number of esters is 1. The number of nitrogens with one attached hydrogen (secondary N) is 1. The van der Waals surface area contributed by atoms with E-state index >= 15 is 0 Å². The molecule has 0 spiro atoms. The van der Waals surface area contributed by atoms with Gasteiger partial charge in [-0.3, -0.25) is 18.6 Å². The number of carbonyl (C=O) groups excluding carboxylic acids is 2. The first kappa shape index (κ1) is 73.7. The predicted octanol–water partition coefficient (Wildman–Crippen LogP) is 19.8. The van der Waals surface area contributed by atoms with Crippen molar-refractivity contribution in [2.75, 3.05) is 40.9 Å². The summed E-state index contributed by atoms with van der Waals surface area (Å²) in [6.07, 6.45) is 71.0. The molecule has 0 radical (unpaired) electrons. The van der Waals surface area contributed by atoms with Gasteiger partial charge in [0, 0.05) is 12.8 Å². The first-order valence-corrected chi connectivity index (χ1v) is 33.6. The Kier molecular flexibility index (Phi) is 54.3. The Morgan fingerprint density at radius 3 is 1.24 bits per heavy atom. The molecule has 3 atom stereocenters. The Hall–Kier alpha value is -2.29. The van der Waals surface area contributed by atoms with Crippen LogP contribution < -0.4 is 5.32 Å². The van der Waals surface area contributed by atoms with E-state index in [-0.39, 0.29) is 31.5 Å². The van der Waals surface area contributed by atoms with Gasteiger partial charge in [-0.1, -0.05) is 262 Å². The highest BCUT2D eigenvalue weighted by atomic mass is 31.2. The zero-order valence-corrected chi connectivity index (χ0v) is 51.6. The van der Waals surface area contributed by atoms with Crippen LogP contribution in [-0.2, 0) is 27.9 Å². The van der Waals surface area contributed by atoms with E-state index in [1.165, 1.54) is 199 Å². The summed E-state index contributed by atoms with van der Waals surface area (Å²) in [5.74, 6) is -0.576. The summed E-state index contributed by atoms with van der Waals surface area (Å²) >= 11 is 0. The van der Waals surface area contributed by atoms with Gasteiger partial charge < -0.3 is 19.4 Å². The Labute approximate surface area is 471 Å². The molecule has 76 heavy (non-hydrogen) atoms. The normalized spacial score (nSPS) is 14.0. The molecule has 0 fully saturated rings. The molecule has 1 amide bonds. The number of phosphoric ester groups is 1. The van der Waals surface area contributed by atoms with Crippen LogP contribution in [-0.4, -0.2) is 74.3 Å². The molecule has 0 aliphatic rings. The molecular weight excluding hydrogens is 964 g/mol. The third-order valence-corrected chi connectivity index (χ3v) is 15.2. The van der Waals surface area contributed by atoms with Gasteiger partial charge in [-0.15, -0.1) is 0 Å². The van der Waals surface area contributed by atoms with E-state index in [0.717, 1.165) is 57.8 Å². The number of allylic oxidation sites excluding steroid dienone is 9. The second-order valence-electron chi connectivity index (χ2n) is 22.9. The zero-order chi connectivity index (χ0) is 55.7. The summed E-state index contributed by atoms with van der Waals surface area (Å²) in [5, 5.41) is 3.04. The van der Waals surface area contributed by atoms with E-state index in [0.29, 0.717) is 23.9 Å². The molecule has 0 aromatic carbocycles. The molecule has 0 aliphatic heterocycles. The van der Waals surface area contributed by atoms with Crippen molar-refractivity contribution in [2.24, 2.45) is 0 Å². The number of nitrogens with zero attached hydrogens (tertiary/aromatic N) is 1. The van der Waals surface area contributed by atoms with Crippen LogP contribution in [0.5, 0.6) is 0 Å². The van der Waals surface area contributed by atoms with Gasteiger partial charge in [0.25, 0.3) is 0 Å². The molecule has 3 unspecified atom stereocenters. The minimum atomic E-state index is -4.46. The summed E-state index contributed by atoms with van der Waals surface area (Å²) in [5.41, 5.74) is 0. The number of rotatable bonds is 58. The highest BCUT2D eigenvalue weighted by molar-refractivity contribution is 7.47. The monoisotopic (exact) mass is 1090 g/mol. The molecule has 0 bridgehead atoms. The smallest absolute Gasteiger partial charge is 0.456 e. The molecule has 0 rings (SSSR count). The second-order valence-corrected chi connectivity index (χ2v) is 24.4. The van der Waals surface area contributed by atoms with Crippen molar-refractivity contribution in [1.29, 1.82) is 0 Å². The molecule has 9 nitrogen and oxygen atoms in total. The fraction of sp³-hybridized carbons (Fsp3) is 0.818. The van der Waals surface area contributed by atoms with Crippen molar-refractivity contribution < 1.29 is 37.3 Å². The van der Waals surface area contributed by atoms with Gasteiger partial charge in [-0.05, 0) is 83.1 Å². The number of unbranched alkanes of at least 4 members (excludes halogenated alkanes) is 34. The summed E-state index contributed by atoms with van der Waals surface area (Å²) in [6.45, 7) is 6.96. The maximum absolute atomic E-state index is 13.5. The van der Waals surface area contributed by atoms with E-state index in [9.17, 15) is 19.0 Å². The van der Waals surface area contributed by atoms with E-state index in [2.05, 4.69) is 68.6 Å².